The highest BCUT2D eigenvalue weighted by atomic mass is 35.5. The number of fused-ring (bicyclic) bond motifs is 1. The summed E-state index contributed by atoms with van der Waals surface area (Å²) in [4.78, 5) is 32.5. The van der Waals surface area contributed by atoms with Crippen LogP contribution in [0, 0.1) is 0 Å². The van der Waals surface area contributed by atoms with E-state index in [9.17, 15) is 9.59 Å². The van der Waals surface area contributed by atoms with Crippen LogP contribution >= 0.6 is 24.8 Å². The van der Waals surface area contributed by atoms with E-state index in [4.69, 9.17) is 0 Å². The highest BCUT2D eigenvalue weighted by molar-refractivity contribution is 6.06. The van der Waals surface area contributed by atoms with Crippen LogP contribution in [-0.4, -0.2) is 78.7 Å². The molecular formula is C20H29Cl2N3O2. The van der Waals surface area contributed by atoms with Crippen LogP contribution in [0.2, 0.25) is 0 Å². The minimum atomic E-state index is -0.284. The summed E-state index contributed by atoms with van der Waals surface area (Å²) < 4.78 is 0. The van der Waals surface area contributed by atoms with Crippen molar-refractivity contribution in [2.45, 2.75) is 31.2 Å². The normalized spacial score (nSPS) is 25.7. The summed E-state index contributed by atoms with van der Waals surface area (Å²) in [7, 11) is 2.13. The Balaban J connectivity index is 0.00000131. The van der Waals surface area contributed by atoms with Gasteiger partial charge in [0.2, 0.25) is 5.91 Å². The average molecular weight is 414 g/mol. The number of piperazine rings is 1. The van der Waals surface area contributed by atoms with E-state index in [1.165, 1.54) is 12.8 Å². The third-order valence-corrected chi connectivity index (χ3v) is 5.96. The van der Waals surface area contributed by atoms with Crippen LogP contribution < -0.4 is 0 Å². The zero-order chi connectivity index (χ0) is 17.4. The van der Waals surface area contributed by atoms with Gasteiger partial charge in [0.1, 0.15) is 0 Å². The second-order valence-electron chi connectivity index (χ2n) is 7.72. The van der Waals surface area contributed by atoms with E-state index in [2.05, 4.69) is 21.7 Å². The van der Waals surface area contributed by atoms with Gasteiger partial charge in [0.15, 0.2) is 5.78 Å². The Kier molecular flexibility index (Phi) is 7.69. The Bertz CT molecular complexity index is 679. The van der Waals surface area contributed by atoms with Crippen molar-refractivity contribution in [2.75, 3.05) is 46.3 Å². The van der Waals surface area contributed by atoms with Crippen molar-refractivity contribution < 1.29 is 9.59 Å². The molecule has 7 heteroatoms. The quantitative estimate of drug-likeness (QED) is 0.762. The number of hydrogen-bond acceptors (Lipinski definition) is 4. The monoisotopic (exact) mass is 413 g/mol. The molecule has 5 nitrogen and oxygen atoms in total. The average Bonchev–Trinajstić information content (AvgIpc) is 3.23. The van der Waals surface area contributed by atoms with Gasteiger partial charge in [0.25, 0.3) is 0 Å². The number of halogens is 2. The van der Waals surface area contributed by atoms with Crippen LogP contribution in [0.1, 0.15) is 41.1 Å². The zero-order valence-electron chi connectivity index (χ0n) is 15.8. The number of nitrogens with zero attached hydrogens (tertiary/aromatic N) is 3. The minimum Gasteiger partial charge on any atom is -0.335 e. The minimum absolute atomic E-state index is 0. The van der Waals surface area contributed by atoms with Gasteiger partial charge in [-0.1, -0.05) is 24.3 Å². The number of carbonyl (C=O) groups excluding carboxylic acids is 2. The lowest BCUT2D eigenvalue weighted by Crippen LogP contribution is -2.58. The Morgan fingerprint density at radius 3 is 2.52 bits per heavy atom. The summed E-state index contributed by atoms with van der Waals surface area (Å²) >= 11 is 0. The van der Waals surface area contributed by atoms with Crippen molar-refractivity contribution in [1.82, 2.24) is 14.7 Å². The second kappa shape index (κ2) is 9.37. The fourth-order valence-electron chi connectivity index (χ4n) is 4.60. The van der Waals surface area contributed by atoms with Crippen LogP contribution in [0.4, 0.5) is 0 Å². The molecule has 0 bridgehead atoms. The fourth-order valence-corrected chi connectivity index (χ4v) is 4.60. The van der Waals surface area contributed by atoms with Gasteiger partial charge in [-0.3, -0.25) is 9.59 Å². The van der Waals surface area contributed by atoms with Gasteiger partial charge in [-0.15, -0.1) is 24.8 Å². The molecule has 0 aromatic heterocycles. The number of carbonyl (C=O) groups is 2. The number of amides is 1. The molecule has 2 fully saturated rings. The number of hydrogen-bond donors (Lipinski definition) is 0. The van der Waals surface area contributed by atoms with E-state index in [0.717, 1.165) is 50.4 Å². The standard InChI is InChI=1S/C20H27N3O2.2ClH/c1-21-10-11-23(15(13-21)14-22-8-4-5-9-22)20(25)18-12-19(24)17-7-3-2-6-16(17)18;;/h2-3,6-7,15,18H,4-5,8-14H2,1H3;2*1H. The summed E-state index contributed by atoms with van der Waals surface area (Å²) in [6.45, 7) is 5.84. The van der Waals surface area contributed by atoms with E-state index in [0.29, 0.717) is 6.42 Å². The van der Waals surface area contributed by atoms with Crippen LogP contribution in [0.25, 0.3) is 0 Å². The smallest absolute Gasteiger partial charge is 0.230 e. The zero-order valence-corrected chi connectivity index (χ0v) is 17.4. The summed E-state index contributed by atoms with van der Waals surface area (Å²) in [5.74, 6) is -0.0250. The van der Waals surface area contributed by atoms with E-state index < -0.39 is 0 Å². The molecule has 0 radical (unpaired) electrons. The lowest BCUT2D eigenvalue weighted by atomic mass is 9.98. The molecular weight excluding hydrogens is 385 g/mol. The molecule has 2 atom stereocenters. The number of ketones is 1. The van der Waals surface area contributed by atoms with Crippen molar-refractivity contribution in [2.24, 2.45) is 0 Å². The maximum Gasteiger partial charge on any atom is 0.230 e. The molecule has 2 heterocycles. The first-order valence-electron chi connectivity index (χ1n) is 9.47. The summed E-state index contributed by atoms with van der Waals surface area (Å²) in [5.41, 5.74) is 1.67. The van der Waals surface area contributed by atoms with E-state index in [1.54, 1.807) is 0 Å². The molecule has 2 aliphatic heterocycles. The lowest BCUT2D eigenvalue weighted by molar-refractivity contribution is -0.138. The van der Waals surface area contributed by atoms with Gasteiger partial charge in [0.05, 0.1) is 12.0 Å². The Morgan fingerprint density at radius 2 is 1.78 bits per heavy atom. The maximum absolute atomic E-state index is 13.3. The highest BCUT2D eigenvalue weighted by Crippen LogP contribution is 2.35. The Morgan fingerprint density at radius 1 is 1.07 bits per heavy atom. The number of benzene rings is 1. The van der Waals surface area contributed by atoms with E-state index >= 15 is 0 Å². The van der Waals surface area contributed by atoms with E-state index in [-0.39, 0.29) is 48.5 Å². The number of likely N-dealkylation sites (N-methyl/N-ethyl adjacent to an activating group) is 1. The van der Waals surface area contributed by atoms with Crippen LogP contribution in [0.5, 0.6) is 0 Å². The molecule has 2 saturated heterocycles. The van der Waals surface area contributed by atoms with Gasteiger partial charge < -0.3 is 14.7 Å². The van der Waals surface area contributed by atoms with Crippen molar-refractivity contribution in [3.8, 4) is 0 Å². The first-order chi connectivity index (χ1) is 12.1. The van der Waals surface area contributed by atoms with Gasteiger partial charge >= 0.3 is 0 Å². The number of likely N-dealkylation sites (tertiary alicyclic amines) is 1. The predicted octanol–water partition coefficient (Wildman–Crippen LogP) is 2.44. The Labute approximate surface area is 173 Å². The maximum atomic E-state index is 13.3. The molecule has 3 aliphatic rings. The molecule has 0 saturated carbocycles. The molecule has 27 heavy (non-hydrogen) atoms. The van der Waals surface area contributed by atoms with Crippen molar-refractivity contribution in [1.29, 1.82) is 0 Å². The summed E-state index contributed by atoms with van der Waals surface area (Å²) in [5, 5.41) is 0. The highest BCUT2D eigenvalue weighted by Gasteiger charge is 2.40. The largest absolute Gasteiger partial charge is 0.335 e. The first-order valence-corrected chi connectivity index (χ1v) is 9.47. The molecule has 1 amide bonds. The number of rotatable bonds is 3. The van der Waals surface area contributed by atoms with Crippen molar-refractivity contribution in [3.63, 3.8) is 0 Å². The van der Waals surface area contributed by atoms with Crippen LogP contribution in [0.15, 0.2) is 24.3 Å². The third-order valence-electron chi connectivity index (χ3n) is 5.96. The third kappa shape index (κ3) is 4.48. The topological polar surface area (TPSA) is 43.9 Å². The molecule has 150 valence electrons. The van der Waals surface area contributed by atoms with Crippen LogP contribution in [0.3, 0.4) is 0 Å². The fraction of sp³-hybridized carbons (Fsp3) is 0.600. The van der Waals surface area contributed by atoms with Crippen LogP contribution in [-0.2, 0) is 4.79 Å². The van der Waals surface area contributed by atoms with E-state index in [1.807, 2.05) is 24.3 Å². The molecule has 1 aromatic rings. The van der Waals surface area contributed by atoms with Crippen molar-refractivity contribution in [3.05, 3.63) is 35.4 Å². The molecule has 0 spiro atoms. The number of Topliss-reactive ketones (excluding diaryl/α,β-unsaturated/α-hetero) is 1. The summed E-state index contributed by atoms with van der Waals surface area (Å²) in [6.07, 6.45) is 2.86. The predicted molar refractivity (Wildman–Crippen MR) is 111 cm³/mol. The molecule has 2 unspecified atom stereocenters. The van der Waals surface area contributed by atoms with Gasteiger partial charge in [0, 0.05) is 38.2 Å². The second-order valence-corrected chi connectivity index (χ2v) is 7.72. The molecule has 0 N–H and O–H groups in total. The molecule has 1 aromatic carbocycles. The summed E-state index contributed by atoms with van der Waals surface area (Å²) in [6, 6.07) is 7.86. The molecule has 4 rings (SSSR count). The molecule has 1 aliphatic carbocycles. The van der Waals surface area contributed by atoms with Crippen molar-refractivity contribution >= 4 is 36.5 Å². The lowest BCUT2D eigenvalue weighted by Gasteiger charge is -2.42. The van der Waals surface area contributed by atoms with Gasteiger partial charge in [-0.2, -0.15) is 0 Å². The SMILES string of the molecule is CN1CCN(C(=O)C2CC(=O)c3ccccc32)C(CN2CCCC2)C1.Cl.Cl. The van der Waals surface area contributed by atoms with Gasteiger partial charge in [-0.25, -0.2) is 0 Å². The Hall–Kier alpha value is -1.14. The first kappa shape index (κ1) is 22.2. The van der Waals surface area contributed by atoms with Gasteiger partial charge in [-0.05, 0) is 38.5 Å².